The lowest BCUT2D eigenvalue weighted by Gasteiger charge is -2.13. The van der Waals surface area contributed by atoms with E-state index in [9.17, 15) is 0 Å². The topological polar surface area (TPSA) is 0 Å². The second-order valence-electron chi connectivity index (χ2n) is 5.16. The number of halogens is 2. The van der Waals surface area contributed by atoms with Gasteiger partial charge in [0.1, 0.15) is 0 Å². The molecule has 0 nitrogen and oxygen atoms in total. The van der Waals surface area contributed by atoms with E-state index in [-0.39, 0.29) is 5.38 Å². The zero-order valence-corrected chi connectivity index (χ0v) is 11.7. The minimum atomic E-state index is 0.275. The fourth-order valence-corrected chi connectivity index (χ4v) is 3.12. The molecule has 2 heteroatoms. The molecule has 1 unspecified atom stereocenters. The van der Waals surface area contributed by atoms with Crippen LogP contribution < -0.4 is 0 Å². The van der Waals surface area contributed by atoms with Gasteiger partial charge in [0.2, 0.25) is 0 Å². The Balaban J connectivity index is 1.72. The van der Waals surface area contributed by atoms with Crippen LogP contribution in [0, 0.1) is 5.92 Å². The summed E-state index contributed by atoms with van der Waals surface area (Å²) in [6.07, 6.45) is 9.11. The van der Waals surface area contributed by atoms with Gasteiger partial charge >= 0.3 is 0 Å². The van der Waals surface area contributed by atoms with Gasteiger partial charge in [-0.2, -0.15) is 0 Å². The smallest absolute Gasteiger partial charge is 0.0406 e. The van der Waals surface area contributed by atoms with E-state index in [4.69, 9.17) is 23.2 Å². The van der Waals surface area contributed by atoms with Gasteiger partial charge in [0.15, 0.2) is 0 Å². The van der Waals surface area contributed by atoms with Crippen molar-refractivity contribution < 1.29 is 0 Å². The van der Waals surface area contributed by atoms with Crippen LogP contribution in [-0.4, -0.2) is 5.38 Å². The average molecular weight is 271 g/mol. The van der Waals surface area contributed by atoms with Gasteiger partial charge in [0.25, 0.3) is 0 Å². The predicted molar refractivity (Wildman–Crippen MR) is 76.0 cm³/mol. The summed E-state index contributed by atoms with van der Waals surface area (Å²) in [7, 11) is 0. The van der Waals surface area contributed by atoms with Crippen molar-refractivity contribution in [2.75, 3.05) is 0 Å². The Kier molecular flexibility index (Phi) is 5.18. The lowest BCUT2D eigenvalue weighted by Crippen LogP contribution is -2.06. The molecule has 0 saturated heterocycles. The number of alkyl halides is 1. The third kappa shape index (κ3) is 4.52. The molecule has 0 heterocycles. The van der Waals surface area contributed by atoms with E-state index < -0.39 is 0 Å². The summed E-state index contributed by atoms with van der Waals surface area (Å²) in [5, 5.41) is 1.07. The van der Waals surface area contributed by atoms with Crippen molar-refractivity contribution in [1.82, 2.24) is 0 Å². The van der Waals surface area contributed by atoms with Crippen LogP contribution in [0.1, 0.15) is 44.1 Å². The van der Waals surface area contributed by atoms with Crippen molar-refractivity contribution in [3.05, 3.63) is 34.9 Å². The first-order valence-corrected chi connectivity index (χ1v) is 7.44. The van der Waals surface area contributed by atoms with Crippen molar-refractivity contribution in [2.45, 2.75) is 50.3 Å². The molecule has 0 bridgehead atoms. The quantitative estimate of drug-likeness (QED) is 0.624. The maximum absolute atomic E-state index is 6.40. The minimum Gasteiger partial charge on any atom is -0.123 e. The van der Waals surface area contributed by atoms with E-state index in [1.165, 1.54) is 37.7 Å². The molecular formula is C15H20Cl2. The molecule has 0 spiro atoms. The molecule has 1 aromatic carbocycles. The average Bonchev–Trinajstić information content (AvgIpc) is 2.83. The minimum absolute atomic E-state index is 0.275. The highest BCUT2D eigenvalue weighted by Gasteiger charge is 2.16. The summed E-state index contributed by atoms with van der Waals surface area (Å²) in [6, 6.07) is 8.04. The molecule has 94 valence electrons. The maximum Gasteiger partial charge on any atom is 0.0406 e. The summed E-state index contributed by atoms with van der Waals surface area (Å²) in [5.41, 5.74) is 1.29. The first-order valence-electron chi connectivity index (χ1n) is 6.62. The molecule has 2 rings (SSSR count). The third-order valence-electron chi connectivity index (χ3n) is 3.73. The van der Waals surface area contributed by atoms with Crippen molar-refractivity contribution in [3.8, 4) is 0 Å². The highest BCUT2D eigenvalue weighted by atomic mass is 35.5. The van der Waals surface area contributed by atoms with Gasteiger partial charge in [0.05, 0.1) is 0 Å². The molecule has 1 aliphatic carbocycles. The standard InChI is InChI=1S/C15H20Cl2/c16-14-8-6-13(7-9-14)11-15(17)10-5-12-3-1-2-4-12/h6-9,12,15H,1-5,10-11H2. The van der Waals surface area contributed by atoms with Crippen LogP contribution in [0.4, 0.5) is 0 Å². The van der Waals surface area contributed by atoms with Crippen LogP contribution >= 0.6 is 23.2 Å². The van der Waals surface area contributed by atoms with Crippen molar-refractivity contribution in [1.29, 1.82) is 0 Å². The van der Waals surface area contributed by atoms with Crippen LogP contribution in [0.5, 0.6) is 0 Å². The molecule has 1 saturated carbocycles. The summed E-state index contributed by atoms with van der Waals surface area (Å²) in [6.45, 7) is 0. The van der Waals surface area contributed by atoms with Gasteiger partial charge in [0, 0.05) is 10.4 Å². The van der Waals surface area contributed by atoms with Crippen LogP contribution in [-0.2, 0) is 6.42 Å². The molecule has 0 aromatic heterocycles. The lowest BCUT2D eigenvalue weighted by molar-refractivity contribution is 0.476. The van der Waals surface area contributed by atoms with E-state index in [0.717, 1.165) is 23.8 Å². The van der Waals surface area contributed by atoms with Crippen LogP contribution in [0.3, 0.4) is 0 Å². The van der Waals surface area contributed by atoms with Gasteiger partial charge in [-0.15, -0.1) is 11.6 Å². The van der Waals surface area contributed by atoms with E-state index in [0.29, 0.717) is 0 Å². The summed E-state index contributed by atoms with van der Waals surface area (Å²) in [4.78, 5) is 0. The SMILES string of the molecule is Clc1ccc(CC(Cl)CCC2CCCC2)cc1. The second kappa shape index (κ2) is 6.66. The molecule has 1 aliphatic rings. The molecule has 1 atom stereocenters. The number of benzene rings is 1. The van der Waals surface area contributed by atoms with E-state index in [1.54, 1.807) is 0 Å². The largest absolute Gasteiger partial charge is 0.123 e. The predicted octanol–water partition coefficient (Wildman–Crippen LogP) is 5.46. The monoisotopic (exact) mass is 270 g/mol. The Morgan fingerprint density at radius 1 is 1.12 bits per heavy atom. The molecular weight excluding hydrogens is 251 g/mol. The Hall–Kier alpha value is -0.200. The highest BCUT2D eigenvalue weighted by Crippen LogP contribution is 2.30. The molecule has 0 N–H and O–H groups in total. The van der Waals surface area contributed by atoms with Crippen molar-refractivity contribution in [2.24, 2.45) is 5.92 Å². The van der Waals surface area contributed by atoms with Crippen molar-refractivity contribution in [3.63, 3.8) is 0 Å². The fourth-order valence-electron chi connectivity index (χ4n) is 2.69. The molecule has 1 aromatic rings. The molecule has 0 radical (unpaired) electrons. The molecule has 17 heavy (non-hydrogen) atoms. The maximum atomic E-state index is 6.40. The summed E-state index contributed by atoms with van der Waals surface area (Å²) < 4.78 is 0. The van der Waals surface area contributed by atoms with Crippen molar-refractivity contribution >= 4 is 23.2 Å². The molecule has 0 aliphatic heterocycles. The zero-order chi connectivity index (χ0) is 12.1. The normalized spacial score (nSPS) is 18.5. The summed E-state index contributed by atoms with van der Waals surface area (Å²) >= 11 is 12.3. The first kappa shape index (κ1) is 13.2. The van der Waals surface area contributed by atoms with E-state index in [2.05, 4.69) is 12.1 Å². The van der Waals surface area contributed by atoms with Gasteiger partial charge in [-0.25, -0.2) is 0 Å². The van der Waals surface area contributed by atoms with Crippen LogP contribution in [0.25, 0.3) is 0 Å². The number of hydrogen-bond acceptors (Lipinski definition) is 0. The lowest BCUT2D eigenvalue weighted by atomic mass is 9.98. The number of hydrogen-bond donors (Lipinski definition) is 0. The van der Waals surface area contributed by atoms with E-state index >= 15 is 0 Å². The fraction of sp³-hybridized carbons (Fsp3) is 0.600. The highest BCUT2D eigenvalue weighted by molar-refractivity contribution is 6.30. The van der Waals surface area contributed by atoms with Gasteiger partial charge in [-0.3, -0.25) is 0 Å². The summed E-state index contributed by atoms with van der Waals surface area (Å²) in [5.74, 6) is 0.946. The van der Waals surface area contributed by atoms with Crippen LogP contribution in [0.2, 0.25) is 5.02 Å². The molecule has 1 fully saturated rings. The van der Waals surface area contributed by atoms with Gasteiger partial charge in [-0.1, -0.05) is 49.4 Å². The Morgan fingerprint density at radius 2 is 1.76 bits per heavy atom. The molecule has 0 amide bonds. The Bertz CT molecular complexity index is 325. The van der Waals surface area contributed by atoms with Crippen LogP contribution in [0.15, 0.2) is 24.3 Å². The third-order valence-corrected chi connectivity index (χ3v) is 4.36. The van der Waals surface area contributed by atoms with E-state index in [1.807, 2.05) is 12.1 Å². The van der Waals surface area contributed by atoms with Gasteiger partial charge < -0.3 is 0 Å². The first-order chi connectivity index (χ1) is 8.24. The number of rotatable bonds is 5. The zero-order valence-electron chi connectivity index (χ0n) is 10.2. The Morgan fingerprint density at radius 3 is 2.41 bits per heavy atom. The second-order valence-corrected chi connectivity index (χ2v) is 6.21. The Labute approximate surface area is 114 Å². The van der Waals surface area contributed by atoms with Gasteiger partial charge in [-0.05, 0) is 42.9 Å².